The van der Waals surface area contributed by atoms with Crippen molar-refractivity contribution in [1.82, 2.24) is 24.6 Å². The van der Waals surface area contributed by atoms with Crippen molar-refractivity contribution in [3.63, 3.8) is 0 Å². The van der Waals surface area contributed by atoms with Gasteiger partial charge in [-0.15, -0.1) is 0 Å². The standard InChI is InChI=1S/C24H30N6O2/c1-3-18-15-30-14-17(12-22(30)27-23(18)31)13-28-8-10-29(11-9-28)21-7-6-20(25-16(21)2)24(32)26-19-4-5-19/h6-7,12,14-15,19H,3-5,8-11,13H2,1-2H3,(H,26,32)(H,27,31). The van der Waals surface area contributed by atoms with Crippen molar-refractivity contribution in [2.45, 2.75) is 45.7 Å². The van der Waals surface area contributed by atoms with Crippen LogP contribution in [0.5, 0.6) is 0 Å². The van der Waals surface area contributed by atoms with Gasteiger partial charge in [-0.05, 0) is 49.9 Å². The summed E-state index contributed by atoms with van der Waals surface area (Å²) in [7, 11) is 0. The normalized spacial score (nSPS) is 17.1. The van der Waals surface area contributed by atoms with Gasteiger partial charge in [-0.1, -0.05) is 6.92 Å². The SMILES string of the molecule is CCc1cn2cc(CN3CCN(c4ccc(C(=O)NC5CC5)nc4C)CC3)cc2[nH]c1=O. The minimum atomic E-state index is -0.0701. The largest absolute Gasteiger partial charge is 0.368 e. The Morgan fingerprint density at radius 1 is 1.19 bits per heavy atom. The number of nitrogens with zero attached hydrogens (tertiary/aromatic N) is 4. The van der Waals surface area contributed by atoms with Crippen LogP contribution in [0.3, 0.4) is 0 Å². The Balaban J connectivity index is 1.21. The van der Waals surface area contributed by atoms with E-state index in [-0.39, 0.29) is 11.5 Å². The predicted molar refractivity (Wildman–Crippen MR) is 124 cm³/mol. The number of hydrogen-bond donors (Lipinski definition) is 2. The third-order valence-corrected chi connectivity index (χ3v) is 6.44. The third kappa shape index (κ3) is 4.27. The molecule has 0 unspecified atom stereocenters. The fourth-order valence-corrected chi connectivity index (χ4v) is 4.41. The van der Waals surface area contributed by atoms with E-state index in [4.69, 9.17) is 0 Å². The third-order valence-electron chi connectivity index (χ3n) is 6.44. The average molecular weight is 435 g/mol. The first-order chi connectivity index (χ1) is 15.5. The number of aromatic nitrogens is 3. The average Bonchev–Trinajstić information content (AvgIpc) is 3.51. The lowest BCUT2D eigenvalue weighted by molar-refractivity contribution is 0.0946. The number of fused-ring (bicyclic) bond motifs is 1. The first-order valence-corrected chi connectivity index (χ1v) is 11.5. The zero-order valence-electron chi connectivity index (χ0n) is 18.7. The second-order valence-corrected chi connectivity index (χ2v) is 8.91. The highest BCUT2D eigenvalue weighted by molar-refractivity contribution is 5.93. The first-order valence-electron chi connectivity index (χ1n) is 11.5. The van der Waals surface area contributed by atoms with Gasteiger partial charge in [0, 0.05) is 56.7 Å². The molecule has 0 aromatic carbocycles. The lowest BCUT2D eigenvalue weighted by atomic mass is 10.2. The van der Waals surface area contributed by atoms with E-state index < -0.39 is 0 Å². The molecule has 1 saturated carbocycles. The molecule has 0 atom stereocenters. The second kappa shape index (κ2) is 8.43. The molecule has 3 aromatic heterocycles. The fourth-order valence-electron chi connectivity index (χ4n) is 4.41. The molecule has 0 radical (unpaired) electrons. The number of hydrogen-bond acceptors (Lipinski definition) is 5. The second-order valence-electron chi connectivity index (χ2n) is 8.91. The molecule has 1 amide bonds. The van der Waals surface area contributed by atoms with Gasteiger partial charge in [0.05, 0.1) is 11.4 Å². The van der Waals surface area contributed by atoms with Gasteiger partial charge in [0.25, 0.3) is 11.5 Å². The van der Waals surface area contributed by atoms with Crippen LogP contribution in [0.2, 0.25) is 0 Å². The summed E-state index contributed by atoms with van der Waals surface area (Å²) >= 11 is 0. The fraction of sp³-hybridized carbons (Fsp3) is 0.458. The van der Waals surface area contributed by atoms with Gasteiger partial charge in [-0.2, -0.15) is 0 Å². The molecule has 2 fully saturated rings. The Bertz CT molecular complexity index is 1200. The molecule has 1 aliphatic carbocycles. The van der Waals surface area contributed by atoms with Crippen molar-refractivity contribution in [1.29, 1.82) is 0 Å². The van der Waals surface area contributed by atoms with Crippen molar-refractivity contribution in [3.05, 3.63) is 63.5 Å². The van der Waals surface area contributed by atoms with Crippen LogP contribution in [0.15, 0.2) is 35.4 Å². The minimum absolute atomic E-state index is 0.00159. The zero-order valence-corrected chi connectivity index (χ0v) is 18.7. The lowest BCUT2D eigenvalue weighted by Crippen LogP contribution is -2.46. The van der Waals surface area contributed by atoms with Crippen molar-refractivity contribution in [2.24, 2.45) is 0 Å². The Labute approximate surface area is 187 Å². The molecule has 8 heteroatoms. The van der Waals surface area contributed by atoms with E-state index in [1.165, 1.54) is 5.56 Å². The minimum Gasteiger partial charge on any atom is -0.368 e. The number of aryl methyl sites for hydroxylation is 2. The Morgan fingerprint density at radius 2 is 1.97 bits per heavy atom. The zero-order chi connectivity index (χ0) is 22.2. The van der Waals surface area contributed by atoms with Crippen LogP contribution in [-0.2, 0) is 13.0 Å². The number of anilines is 1. The van der Waals surface area contributed by atoms with E-state index in [0.717, 1.165) is 74.6 Å². The highest BCUT2D eigenvalue weighted by Gasteiger charge is 2.25. The number of rotatable bonds is 6. The maximum atomic E-state index is 12.3. The summed E-state index contributed by atoms with van der Waals surface area (Å²) in [6.07, 6.45) is 6.91. The molecule has 0 spiro atoms. The van der Waals surface area contributed by atoms with E-state index in [9.17, 15) is 9.59 Å². The maximum absolute atomic E-state index is 12.3. The molecular formula is C24H30N6O2. The lowest BCUT2D eigenvalue weighted by Gasteiger charge is -2.36. The number of piperazine rings is 1. The molecule has 5 rings (SSSR count). The topological polar surface area (TPSA) is 85.7 Å². The van der Waals surface area contributed by atoms with Crippen molar-refractivity contribution in [2.75, 3.05) is 31.1 Å². The molecule has 0 bridgehead atoms. The quantitative estimate of drug-likeness (QED) is 0.621. The molecule has 1 saturated heterocycles. The van der Waals surface area contributed by atoms with E-state index >= 15 is 0 Å². The first kappa shape index (κ1) is 20.8. The molecule has 8 nitrogen and oxygen atoms in total. The van der Waals surface area contributed by atoms with E-state index in [2.05, 4.69) is 37.3 Å². The monoisotopic (exact) mass is 434 g/mol. The van der Waals surface area contributed by atoms with E-state index in [1.807, 2.05) is 36.6 Å². The number of carbonyl (C=O) groups is 1. The van der Waals surface area contributed by atoms with Crippen LogP contribution in [0, 0.1) is 6.92 Å². The molecule has 2 N–H and O–H groups in total. The molecule has 4 heterocycles. The summed E-state index contributed by atoms with van der Waals surface area (Å²) in [4.78, 5) is 36.6. The van der Waals surface area contributed by atoms with Crippen molar-refractivity contribution in [3.8, 4) is 0 Å². The van der Waals surface area contributed by atoms with Crippen molar-refractivity contribution >= 4 is 17.2 Å². The van der Waals surface area contributed by atoms with Gasteiger partial charge in [0.1, 0.15) is 11.3 Å². The molecule has 32 heavy (non-hydrogen) atoms. The molecule has 2 aliphatic rings. The number of aromatic amines is 1. The van der Waals surface area contributed by atoms with E-state index in [0.29, 0.717) is 11.7 Å². The maximum Gasteiger partial charge on any atom is 0.270 e. The summed E-state index contributed by atoms with van der Waals surface area (Å²) in [5, 5.41) is 3.00. The number of carbonyl (C=O) groups excluding carboxylic acids is 1. The Hall–Kier alpha value is -3.13. The predicted octanol–water partition coefficient (Wildman–Crippen LogP) is 2.11. The number of amides is 1. The molecular weight excluding hydrogens is 404 g/mol. The van der Waals surface area contributed by atoms with Crippen molar-refractivity contribution < 1.29 is 4.79 Å². The molecule has 1 aliphatic heterocycles. The van der Waals surface area contributed by atoms with Crippen LogP contribution in [0.4, 0.5) is 5.69 Å². The van der Waals surface area contributed by atoms with Gasteiger partial charge >= 0.3 is 0 Å². The highest BCUT2D eigenvalue weighted by atomic mass is 16.2. The van der Waals surface area contributed by atoms with Crippen LogP contribution < -0.4 is 15.8 Å². The smallest absolute Gasteiger partial charge is 0.270 e. The van der Waals surface area contributed by atoms with Crippen LogP contribution in [0.25, 0.3) is 5.65 Å². The number of nitrogens with one attached hydrogen (secondary N) is 2. The summed E-state index contributed by atoms with van der Waals surface area (Å²) in [5.41, 5.74) is 5.34. The van der Waals surface area contributed by atoms with Crippen LogP contribution in [-0.4, -0.2) is 57.4 Å². The summed E-state index contributed by atoms with van der Waals surface area (Å²) < 4.78 is 2.02. The number of H-pyrrole nitrogens is 1. The Morgan fingerprint density at radius 3 is 2.66 bits per heavy atom. The molecule has 3 aromatic rings. The van der Waals surface area contributed by atoms with Gasteiger partial charge in [0.15, 0.2) is 0 Å². The van der Waals surface area contributed by atoms with Gasteiger partial charge < -0.3 is 19.6 Å². The van der Waals surface area contributed by atoms with Crippen LogP contribution in [0.1, 0.15) is 47.1 Å². The highest BCUT2D eigenvalue weighted by Crippen LogP contribution is 2.23. The van der Waals surface area contributed by atoms with Crippen LogP contribution >= 0.6 is 0 Å². The molecule has 168 valence electrons. The van der Waals surface area contributed by atoms with Gasteiger partial charge in [-0.25, -0.2) is 4.98 Å². The Kier molecular flexibility index (Phi) is 5.46. The summed E-state index contributed by atoms with van der Waals surface area (Å²) in [6, 6.07) is 6.27. The van der Waals surface area contributed by atoms with E-state index in [1.54, 1.807) is 0 Å². The van der Waals surface area contributed by atoms with Gasteiger partial charge in [-0.3, -0.25) is 14.5 Å². The van der Waals surface area contributed by atoms with Gasteiger partial charge in [0.2, 0.25) is 0 Å². The summed E-state index contributed by atoms with van der Waals surface area (Å²) in [5.74, 6) is -0.0701. The summed E-state index contributed by atoms with van der Waals surface area (Å²) in [6.45, 7) is 8.57. The number of pyridine rings is 1.